The van der Waals surface area contributed by atoms with Crippen molar-refractivity contribution in [1.82, 2.24) is 5.32 Å². The van der Waals surface area contributed by atoms with Gasteiger partial charge >= 0.3 is 0 Å². The molecule has 0 amide bonds. The lowest BCUT2D eigenvalue weighted by molar-refractivity contribution is 0.240. The van der Waals surface area contributed by atoms with Crippen molar-refractivity contribution in [3.63, 3.8) is 0 Å². The molecular formula is C12H16BrN. The summed E-state index contributed by atoms with van der Waals surface area (Å²) >= 11 is 3.44. The van der Waals surface area contributed by atoms with Crippen molar-refractivity contribution >= 4 is 15.9 Å². The second-order valence-corrected chi connectivity index (χ2v) is 5.20. The average Bonchev–Trinajstić information content (AvgIpc) is 2.13. The summed E-state index contributed by atoms with van der Waals surface area (Å²) in [5, 5.41) is 3.57. The van der Waals surface area contributed by atoms with E-state index in [0.717, 1.165) is 23.0 Å². The van der Waals surface area contributed by atoms with Crippen LogP contribution in [0, 0.1) is 5.92 Å². The highest BCUT2D eigenvalue weighted by atomic mass is 79.9. The van der Waals surface area contributed by atoms with Gasteiger partial charge in [-0.1, -0.05) is 35.0 Å². The fourth-order valence-corrected chi connectivity index (χ4v) is 2.20. The Balaban J connectivity index is 1.78. The molecule has 1 saturated carbocycles. The minimum Gasteiger partial charge on any atom is -0.310 e. The first-order valence-corrected chi connectivity index (χ1v) is 6.01. The van der Waals surface area contributed by atoms with Gasteiger partial charge in [0.2, 0.25) is 0 Å². The molecule has 14 heavy (non-hydrogen) atoms. The Bertz CT molecular complexity index is 288. The van der Waals surface area contributed by atoms with Crippen molar-refractivity contribution in [2.75, 3.05) is 0 Å². The Labute approximate surface area is 94.0 Å². The molecule has 1 aliphatic carbocycles. The quantitative estimate of drug-likeness (QED) is 0.872. The van der Waals surface area contributed by atoms with E-state index in [1.807, 2.05) is 0 Å². The second kappa shape index (κ2) is 4.45. The van der Waals surface area contributed by atoms with Gasteiger partial charge in [0.25, 0.3) is 0 Å². The standard InChI is InChI=1S/C12H16BrN/c1-9-6-12(7-9)14-8-10-2-4-11(13)5-3-10/h2-5,9,12,14H,6-8H2,1H3. The molecule has 1 N–H and O–H groups in total. The summed E-state index contributed by atoms with van der Waals surface area (Å²) in [7, 11) is 0. The van der Waals surface area contributed by atoms with Crippen LogP contribution in [0.2, 0.25) is 0 Å². The monoisotopic (exact) mass is 253 g/mol. The maximum absolute atomic E-state index is 3.57. The van der Waals surface area contributed by atoms with Gasteiger partial charge in [-0.2, -0.15) is 0 Å². The molecule has 0 aliphatic heterocycles. The van der Waals surface area contributed by atoms with Crippen molar-refractivity contribution < 1.29 is 0 Å². The molecule has 0 aromatic heterocycles. The average molecular weight is 254 g/mol. The van der Waals surface area contributed by atoms with E-state index in [-0.39, 0.29) is 0 Å². The maximum Gasteiger partial charge on any atom is 0.0208 e. The number of halogens is 1. The smallest absolute Gasteiger partial charge is 0.0208 e. The summed E-state index contributed by atoms with van der Waals surface area (Å²) in [4.78, 5) is 0. The molecule has 76 valence electrons. The fourth-order valence-electron chi connectivity index (χ4n) is 1.93. The van der Waals surface area contributed by atoms with Crippen molar-refractivity contribution in [3.05, 3.63) is 34.3 Å². The molecule has 0 spiro atoms. The molecule has 1 aliphatic rings. The van der Waals surface area contributed by atoms with E-state index in [4.69, 9.17) is 0 Å². The van der Waals surface area contributed by atoms with E-state index in [2.05, 4.69) is 52.4 Å². The van der Waals surface area contributed by atoms with Gasteiger partial charge in [0.15, 0.2) is 0 Å². The van der Waals surface area contributed by atoms with Crippen molar-refractivity contribution in [3.8, 4) is 0 Å². The number of rotatable bonds is 3. The molecule has 2 rings (SSSR count). The Hall–Kier alpha value is -0.340. The van der Waals surface area contributed by atoms with E-state index in [1.54, 1.807) is 0 Å². The van der Waals surface area contributed by atoms with Gasteiger partial charge < -0.3 is 5.32 Å². The van der Waals surface area contributed by atoms with Gasteiger partial charge in [-0.05, 0) is 36.5 Å². The largest absolute Gasteiger partial charge is 0.310 e. The van der Waals surface area contributed by atoms with Gasteiger partial charge in [0.05, 0.1) is 0 Å². The molecule has 0 bridgehead atoms. The molecule has 2 heteroatoms. The van der Waals surface area contributed by atoms with Gasteiger partial charge in [-0.15, -0.1) is 0 Å². The predicted octanol–water partition coefficient (Wildman–Crippen LogP) is 3.34. The van der Waals surface area contributed by atoms with E-state index >= 15 is 0 Å². The molecule has 1 aromatic carbocycles. The van der Waals surface area contributed by atoms with Crippen LogP contribution in [-0.2, 0) is 6.54 Å². The van der Waals surface area contributed by atoms with E-state index in [0.29, 0.717) is 0 Å². The first-order chi connectivity index (χ1) is 6.74. The molecular weight excluding hydrogens is 238 g/mol. The van der Waals surface area contributed by atoms with Crippen LogP contribution in [0.5, 0.6) is 0 Å². The molecule has 1 fully saturated rings. The summed E-state index contributed by atoms with van der Waals surface area (Å²) in [5.41, 5.74) is 1.37. The molecule has 0 atom stereocenters. The van der Waals surface area contributed by atoms with Crippen LogP contribution < -0.4 is 5.32 Å². The molecule has 0 heterocycles. The van der Waals surface area contributed by atoms with E-state index < -0.39 is 0 Å². The molecule has 0 radical (unpaired) electrons. The maximum atomic E-state index is 3.57. The third-order valence-corrected chi connectivity index (χ3v) is 3.41. The Morgan fingerprint density at radius 2 is 1.93 bits per heavy atom. The van der Waals surface area contributed by atoms with Gasteiger partial charge in [-0.25, -0.2) is 0 Å². The zero-order valence-electron chi connectivity index (χ0n) is 8.46. The number of hydrogen-bond donors (Lipinski definition) is 1. The first-order valence-electron chi connectivity index (χ1n) is 5.22. The Morgan fingerprint density at radius 3 is 2.50 bits per heavy atom. The van der Waals surface area contributed by atoms with Crippen LogP contribution in [0.15, 0.2) is 28.7 Å². The Kier molecular flexibility index (Phi) is 3.24. The first kappa shape index (κ1) is 10.2. The third kappa shape index (κ3) is 2.58. The topological polar surface area (TPSA) is 12.0 Å². The van der Waals surface area contributed by atoms with Crippen molar-refractivity contribution in [1.29, 1.82) is 0 Å². The molecule has 0 saturated heterocycles. The summed E-state index contributed by atoms with van der Waals surface area (Å²) in [5.74, 6) is 0.928. The van der Waals surface area contributed by atoms with Gasteiger partial charge in [-0.3, -0.25) is 0 Å². The molecule has 1 aromatic rings. The highest BCUT2D eigenvalue weighted by Gasteiger charge is 2.24. The zero-order chi connectivity index (χ0) is 9.97. The summed E-state index contributed by atoms with van der Waals surface area (Å²) in [6.07, 6.45) is 2.69. The lowest BCUT2D eigenvalue weighted by Gasteiger charge is -2.33. The Morgan fingerprint density at radius 1 is 1.29 bits per heavy atom. The highest BCUT2D eigenvalue weighted by Crippen LogP contribution is 2.26. The summed E-state index contributed by atoms with van der Waals surface area (Å²) in [6, 6.07) is 9.28. The second-order valence-electron chi connectivity index (χ2n) is 4.28. The summed E-state index contributed by atoms with van der Waals surface area (Å²) < 4.78 is 1.15. The van der Waals surface area contributed by atoms with E-state index in [9.17, 15) is 0 Å². The number of hydrogen-bond acceptors (Lipinski definition) is 1. The van der Waals surface area contributed by atoms with Gasteiger partial charge in [0, 0.05) is 17.1 Å². The van der Waals surface area contributed by atoms with Crippen molar-refractivity contribution in [2.24, 2.45) is 5.92 Å². The normalized spacial score (nSPS) is 25.9. The van der Waals surface area contributed by atoms with Gasteiger partial charge in [0.1, 0.15) is 0 Å². The highest BCUT2D eigenvalue weighted by molar-refractivity contribution is 9.10. The molecule has 0 unspecified atom stereocenters. The number of nitrogens with one attached hydrogen (secondary N) is 1. The van der Waals surface area contributed by atoms with Crippen LogP contribution in [0.1, 0.15) is 25.3 Å². The number of benzene rings is 1. The lowest BCUT2D eigenvalue weighted by Crippen LogP contribution is -2.39. The molecule has 1 nitrogen and oxygen atoms in total. The SMILES string of the molecule is CC1CC(NCc2ccc(Br)cc2)C1. The van der Waals surface area contributed by atoms with Crippen LogP contribution in [-0.4, -0.2) is 6.04 Å². The zero-order valence-corrected chi connectivity index (χ0v) is 10.0. The van der Waals surface area contributed by atoms with Crippen LogP contribution in [0.4, 0.5) is 0 Å². The van der Waals surface area contributed by atoms with Crippen molar-refractivity contribution in [2.45, 2.75) is 32.4 Å². The third-order valence-electron chi connectivity index (χ3n) is 2.88. The van der Waals surface area contributed by atoms with Crippen LogP contribution in [0.3, 0.4) is 0 Å². The minimum atomic E-state index is 0.758. The minimum absolute atomic E-state index is 0.758. The predicted molar refractivity (Wildman–Crippen MR) is 63.2 cm³/mol. The van der Waals surface area contributed by atoms with Crippen LogP contribution >= 0.6 is 15.9 Å². The lowest BCUT2D eigenvalue weighted by atomic mass is 9.82. The summed E-state index contributed by atoms with van der Waals surface area (Å²) in [6.45, 7) is 3.32. The van der Waals surface area contributed by atoms with E-state index in [1.165, 1.54) is 18.4 Å². The fraction of sp³-hybridized carbons (Fsp3) is 0.500. The van der Waals surface area contributed by atoms with Crippen LogP contribution in [0.25, 0.3) is 0 Å².